The van der Waals surface area contributed by atoms with E-state index in [1.807, 2.05) is 6.92 Å². The van der Waals surface area contributed by atoms with Gasteiger partial charge in [0.25, 0.3) is 0 Å². The maximum Gasteiger partial charge on any atom is 0.149 e. The third kappa shape index (κ3) is 3.57. The van der Waals surface area contributed by atoms with E-state index in [1.165, 1.54) is 12.1 Å². The molecule has 0 saturated carbocycles. The summed E-state index contributed by atoms with van der Waals surface area (Å²) >= 11 is 5.75. The van der Waals surface area contributed by atoms with Crippen molar-refractivity contribution in [2.24, 2.45) is 0 Å². The van der Waals surface area contributed by atoms with Crippen molar-refractivity contribution in [3.05, 3.63) is 34.4 Å². The largest absolute Gasteiger partial charge is 0.314 e. The third-order valence-corrected chi connectivity index (χ3v) is 3.68. The van der Waals surface area contributed by atoms with E-state index < -0.39 is 11.6 Å². The number of hydrogen-bond donors (Lipinski definition) is 1. The van der Waals surface area contributed by atoms with Gasteiger partial charge in [0.05, 0.1) is 5.02 Å². The third-order valence-electron chi connectivity index (χ3n) is 3.39. The van der Waals surface area contributed by atoms with E-state index in [4.69, 9.17) is 11.6 Å². The fraction of sp³-hybridized carbons (Fsp3) is 0.538. The molecule has 19 heavy (non-hydrogen) atoms. The second-order valence-corrected chi connectivity index (χ2v) is 4.87. The van der Waals surface area contributed by atoms with Gasteiger partial charge >= 0.3 is 0 Å². The quantitative estimate of drug-likeness (QED) is 0.861. The van der Waals surface area contributed by atoms with Gasteiger partial charge in [-0.2, -0.15) is 0 Å². The first-order valence-electron chi connectivity index (χ1n) is 6.23. The summed E-state index contributed by atoms with van der Waals surface area (Å²) in [6, 6.07) is 2.26. The van der Waals surface area contributed by atoms with Gasteiger partial charge in [0, 0.05) is 37.8 Å². The van der Waals surface area contributed by atoms with E-state index in [1.54, 1.807) is 0 Å². The monoisotopic (exact) mass is 310 g/mol. The van der Waals surface area contributed by atoms with Crippen LogP contribution in [0.1, 0.15) is 24.9 Å². The van der Waals surface area contributed by atoms with Gasteiger partial charge in [0.15, 0.2) is 0 Å². The molecule has 1 fully saturated rings. The van der Waals surface area contributed by atoms with Crippen LogP contribution in [0, 0.1) is 11.6 Å². The summed E-state index contributed by atoms with van der Waals surface area (Å²) in [5, 5.41) is 3.22. The molecule has 0 bridgehead atoms. The van der Waals surface area contributed by atoms with Gasteiger partial charge in [0.2, 0.25) is 0 Å². The molecule has 0 amide bonds. The molecule has 0 aliphatic carbocycles. The van der Waals surface area contributed by atoms with Crippen LogP contribution in [-0.4, -0.2) is 31.1 Å². The number of halogens is 4. The van der Waals surface area contributed by atoms with Gasteiger partial charge in [0.1, 0.15) is 11.6 Å². The van der Waals surface area contributed by atoms with Crippen molar-refractivity contribution in [3.63, 3.8) is 0 Å². The summed E-state index contributed by atoms with van der Waals surface area (Å²) in [7, 11) is 0. The fourth-order valence-electron chi connectivity index (χ4n) is 2.49. The molecule has 1 N–H and O–H groups in total. The SMILES string of the molecule is CC[C@@H](c1c(F)ccc(Cl)c1F)N1CCNCC1.Cl. The lowest BCUT2D eigenvalue weighted by Gasteiger charge is -2.35. The minimum atomic E-state index is -0.623. The van der Waals surface area contributed by atoms with Crippen LogP contribution in [-0.2, 0) is 0 Å². The molecule has 0 aromatic heterocycles. The van der Waals surface area contributed by atoms with Crippen molar-refractivity contribution < 1.29 is 8.78 Å². The maximum atomic E-state index is 14.0. The highest BCUT2D eigenvalue weighted by Crippen LogP contribution is 2.32. The minimum Gasteiger partial charge on any atom is -0.314 e. The topological polar surface area (TPSA) is 15.3 Å². The van der Waals surface area contributed by atoms with Crippen molar-refractivity contribution in [3.8, 4) is 0 Å². The first kappa shape index (κ1) is 16.6. The number of piperazine rings is 1. The lowest BCUT2D eigenvalue weighted by molar-refractivity contribution is 0.163. The predicted molar refractivity (Wildman–Crippen MR) is 76.1 cm³/mol. The second kappa shape index (κ2) is 7.39. The Hall–Kier alpha value is -0.420. The molecule has 1 aromatic rings. The number of hydrogen-bond acceptors (Lipinski definition) is 2. The van der Waals surface area contributed by atoms with Crippen molar-refractivity contribution in [1.82, 2.24) is 10.2 Å². The van der Waals surface area contributed by atoms with E-state index in [-0.39, 0.29) is 29.0 Å². The molecule has 108 valence electrons. The van der Waals surface area contributed by atoms with E-state index in [9.17, 15) is 8.78 Å². The van der Waals surface area contributed by atoms with E-state index >= 15 is 0 Å². The molecule has 1 heterocycles. The molecule has 0 unspecified atom stereocenters. The summed E-state index contributed by atoms with van der Waals surface area (Å²) in [5.41, 5.74) is 0.104. The first-order chi connectivity index (χ1) is 8.65. The molecule has 1 saturated heterocycles. The smallest absolute Gasteiger partial charge is 0.149 e. The van der Waals surface area contributed by atoms with Crippen molar-refractivity contribution >= 4 is 24.0 Å². The molecule has 0 spiro atoms. The normalized spacial score (nSPS) is 17.9. The number of nitrogens with zero attached hydrogens (tertiary/aromatic N) is 1. The molecule has 1 aliphatic heterocycles. The van der Waals surface area contributed by atoms with Gasteiger partial charge in [-0.25, -0.2) is 8.78 Å². The summed E-state index contributed by atoms with van der Waals surface area (Å²) in [6.45, 7) is 5.22. The molecule has 1 aliphatic rings. The lowest BCUT2D eigenvalue weighted by Crippen LogP contribution is -2.45. The van der Waals surface area contributed by atoms with Crippen molar-refractivity contribution in [1.29, 1.82) is 0 Å². The molecule has 1 atom stereocenters. The Kier molecular flexibility index (Phi) is 6.47. The van der Waals surface area contributed by atoms with Gasteiger partial charge in [-0.3, -0.25) is 4.90 Å². The highest BCUT2D eigenvalue weighted by molar-refractivity contribution is 6.30. The number of rotatable bonds is 3. The Morgan fingerprint density at radius 1 is 1.32 bits per heavy atom. The lowest BCUT2D eigenvalue weighted by atomic mass is 10.0. The Labute approximate surface area is 123 Å². The summed E-state index contributed by atoms with van der Waals surface area (Å²) < 4.78 is 27.9. The van der Waals surface area contributed by atoms with Gasteiger partial charge in [-0.1, -0.05) is 18.5 Å². The van der Waals surface area contributed by atoms with Gasteiger partial charge in [-0.15, -0.1) is 12.4 Å². The second-order valence-electron chi connectivity index (χ2n) is 4.47. The molecular weight excluding hydrogens is 293 g/mol. The Balaban J connectivity index is 0.00000180. The number of benzene rings is 1. The van der Waals surface area contributed by atoms with Crippen LogP contribution >= 0.6 is 24.0 Å². The van der Waals surface area contributed by atoms with Crippen LogP contribution in [0.25, 0.3) is 0 Å². The molecular formula is C13H18Cl2F2N2. The Morgan fingerprint density at radius 2 is 1.95 bits per heavy atom. The van der Waals surface area contributed by atoms with Crippen LogP contribution in [0.5, 0.6) is 0 Å². The van der Waals surface area contributed by atoms with Crippen molar-refractivity contribution in [2.75, 3.05) is 26.2 Å². The zero-order valence-corrected chi connectivity index (χ0v) is 12.3. The van der Waals surface area contributed by atoms with E-state index in [0.29, 0.717) is 6.42 Å². The maximum absolute atomic E-state index is 14.0. The molecule has 1 aromatic carbocycles. The Bertz CT molecular complexity index is 423. The summed E-state index contributed by atoms with van der Waals surface area (Å²) in [5.74, 6) is -1.13. The Morgan fingerprint density at radius 3 is 2.53 bits per heavy atom. The van der Waals surface area contributed by atoms with Gasteiger partial charge in [-0.05, 0) is 18.6 Å². The highest BCUT2D eigenvalue weighted by Gasteiger charge is 2.27. The van der Waals surface area contributed by atoms with E-state index in [2.05, 4.69) is 10.2 Å². The van der Waals surface area contributed by atoms with Crippen LogP contribution < -0.4 is 5.32 Å². The standard InChI is InChI=1S/C13H17ClF2N2.ClH/c1-2-11(18-7-5-17-6-8-18)12-10(15)4-3-9(14)13(12)16;/h3-4,11,17H,2,5-8H2,1H3;1H/t11-;/m0./s1. The minimum absolute atomic E-state index is 0. The van der Waals surface area contributed by atoms with Crippen LogP contribution in [0.4, 0.5) is 8.78 Å². The summed E-state index contributed by atoms with van der Waals surface area (Å²) in [4.78, 5) is 2.11. The van der Waals surface area contributed by atoms with Crippen LogP contribution in [0.2, 0.25) is 5.02 Å². The van der Waals surface area contributed by atoms with Crippen LogP contribution in [0.3, 0.4) is 0 Å². The van der Waals surface area contributed by atoms with Gasteiger partial charge < -0.3 is 5.32 Å². The van der Waals surface area contributed by atoms with Crippen molar-refractivity contribution in [2.45, 2.75) is 19.4 Å². The number of nitrogens with one attached hydrogen (secondary N) is 1. The molecule has 2 rings (SSSR count). The predicted octanol–water partition coefficient (Wildman–Crippen LogP) is 3.40. The zero-order chi connectivity index (χ0) is 13.1. The summed E-state index contributed by atoms with van der Waals surface area (Å²) in [6.07, 6.45) is 0.661. The zero-order valence-electron chi connectivity index (χ0n) is 10.8. The van der Waals surface area contributed by atoms with Crippen LogP contribution in [0.15, 0.2) is 12.1 Å². The average molecular weight is 311 g/mol. The molecule has 2 nitrogen and oxygen atoms in total. The van der Waals surface area contributed by atoms with E-state index in [0.717, 1.165) is 26.2 Å². The first-order valence-corrected chi connectivity index (χ1v) is 6.61. The molecule has 6 heteroatoms. The fourth-order valence-corrected chi connectivity index (χ4v) is 2.65. The molecule has 0 radical (unpaired) electrons. The average Bonchev–Trinajstić information content (AvgIpc) is 2.40. The highest BCUT2D eigenvalue weighted by atomic mass is 35.5.